The Morgan fingerprint density at radius 3 is 2.17 bits per heavy atom. The average Bonchev–Trinajstić information content (AvgIpc) is 3.44. The Labute approximate surface area is 202 Å². The number of aromatic hydroxyl groups is 1. The van der Waals surface area contributed by atoms with Crippen LogP contribution >= 0.6 is 0 Å². The lowest BCUT2D eigenvalue weighted by Gasteiger charge is -2.39. The van der Waals surface area contributed by atoms with E-state index in [2.05, 4.69) is 4.72 Å². The molecule has 4 atom stereocenters. The van der Waals surface area contributed by atoms with Crippen molar-refractivity contribution >= 4 is 16.2 Å². The van der Waals surface area contributed by atoms with Gasteiger partial charge in [-0.25, -0.2) is 0 Å². The Balaban J connectivity index is 1.75. The van der Waals surface area contributed by atoms with Gasteiger partial charge in [0.15, 0.2) is 23.0 Å². The molecule has 5 rings (SSSR count). The molecule has 11 nitrogen and oxygen atoms in total. The van der Waals surface area contributed by atoms with Gasteiger partial charge in [-0.3, -0.25) is 4.79 Å². The lowest BCUT2D eigenvalue weighted by Crippen LogP contribution is -2.46. The Bertz CT molecular complexity index is 1270. The monoisotopic (exact) mass is 506 g/mol. The van der Waals surface area contributed by atoms with Crippen LogP contribution in [0.3, 0.4) is 0 Å². The first-order chi connectivity index (χ1) is 16.7. The fourth-order valence-electron chi connectivity index (χ4n) is 5.07. The first-order valence-electron chi connectivity index (χ1n) is 10.9. The van der Waals surface area contributed by atoms with Gasteiger partial charge in [0.2, 0.25) is 12.5 Å². The fourth-order valence-corrected chi connectivity index (χ4v) is 5.91. The summed E-state index contributed by atoms with van der Waals surface area (Å²) in [5.41, 5.74) is 1.96. The largest absolute Gasteiger partial charge is 0.502 e. The Hall–Kier alpha value is -3.22. The quantitative estimate of drug-likeness (QED) is 0.560. The molecule has 3 aliphatic rings. The van der Waals surface area contributed by atoms with Gasteiger partial charge in [0.25, 0.3) is 10.2 Å². The third-order valence-electron chi connectivity index (χ3n) is 6.80. The van der Waals surface area contributed by atoms with E-state index in [1.807, 2.05) is 0 Å². The zero-order valence-electron chi connectivity index (χ0n) is 19.6. The summed E-state index contributed by atoms with van der Waals surface area (Å²) in [6.07, 6.45) is 0. The predicted octanol–water partition coefficient (Wildman–Crippen LogP) is 1.51. The highest BCUT2D eigenvalue weighted by Gasteiger charge is 2.53. The van der Waals surface area contributed by atoms with Crippen molar-refractivity contribution in [1.82, 2.24) is 9.03 Å². The lowest BCUT2D eigenvalue weighted by atomic mass is 9.65. The molecule has 12 heteroatoms. The maximum atomic E-state index is 13.1. The molecule has 188 valence electrons. The SMILES string of the molecule is COc1cc([C@@H]2c3cc4c(cc3[C@@H](NS(=O)(=O)N(C)C)[C@H]3COC(=O)[C@H]23)OCO4)cc(OC)c1O. The van der Waals surface area contributed by atoms with Crippen LogP contribution in [0.25, 0.3) is 0 Å². The molecule has 0 saturated carbocycles. The number of rotatable bonds is 6. The smallest absolute Gasteiger partial charge is 0.310 e. The minimum absolute atomic E-state index is 0.0345. The molecule has 1 saturated heterocycles. The molecule has 2 aliphatic heterocycles. The highest BCUT2D eigenvalue weighted by Crippen LogP contribution is 2.55. The van der Waals surface area contributed by atoms with Crippen LogP contribution in [0.1, 0.15) is 28.7 Å². The molecule has 1 aliphatic carbocycles. The van der Waals surface area contributed by atoms with Crippen LogP contribution in [0.4, 0.5) is 0 Å². The number of carbonyl (C=O) groups is 1. The number of esters is 1. The third kappa shape index (κ3) is 3.72. The molecule has 0 aromatic heterocycles. The number of methoxy groups -OCH3 is 2. The molecule has 2 aromatic carbocycles. The normalized spacial score (nSPS) is 24.7. The number of nitrogens with zero attached hydrogens (tertiary/aromatic N) is 1. The van der Waals surface area contributed by atoms with Gasteiger partial charge in [0.05, 0.1) is 32.8 Å². The van der Waals surface area contributed by atoms with Crippen LogP contribution in [0, 0.1) is 11.8 Å². The number of nitrogens with one attached hydrogen (secondary N) is 1. The van der Waals surface area contributed by atoms with Crippen LogP contribution in [0.5, 0.6) is 28.7 Å². The summed E-state index contributed by atoms with van der Waals surface area (Å²) >= 11 is 0. The summed E-state index contributed by atoms with van der Waals surface area (Å²) in [4.78, 5) is 13.1. The Morgan fingerprint density at radius 2 is 1.60 bits per heavy atom. The van der Waals surface area contributed by atoms with Crippen molar-refractivity contribution < 1.29 is 42.0 Å². The van der Waals surface area contributed by atoms with Crippen LogP contribution < -0.4 is 23.7 Å². The van der Waals surface area contributed by atoms with Crippen molar-refractivity contribution in [3.05, 3.63) is 41.0 Å². The standard InChI is InChI=1S/C23H26N2O9S/c1-25(2)35(28,29)24-21-13-8-16-15(33-10-34-16)7-12(13)19(20-14(21)9-32-23(20)27)11-5-17(30-3)22(26)18(6-11)31-4/h5-8,14,19-21,24,26H,9-10H2,1-4H3/t14-,19+,20-,21+/m0/s1. The van der Waals surface area contributed by atoms with Crippen molar-refractivity contribution in [2.24, 2.45) is 11.8 Å². The van der Waals surface area contributed by atoms with E-state index in [4.69, 9.17) is 23.7 Å². The minimum atomic E-state index is -3.85. The second kappa shape index (κ2) is 8.47. The van der Waals surface area contributed by atoms with E-state index < -0.39 is 40.0 Å². The molecule has 1 fully saturated rings. The van der Waals surface area contributed by atoms with Gasteiger partial charge in [-0.15, -0.1) is 0 Å². The van der Waals surface area contributed by atoms with Gasteiger partial charge in [-0.05, 0) is 41.0 Å². The molecule has 0 amide bonds. The van der Waals surface area contributed by atoms with Crippen molar-refractivity contribution in [2.75, 3.05) is 41.7 Å². The summed E-state index contributed by atoms with van der Waals surface area (Å²) < 4.78 is 56.8. The van der Waals surface area contributed by atoms with Gasteiger partial charge in [-0.2, -0.15) is 17.4 Å². The van der Waals surface area contributed by atoms with Crippen molar-refractivity contribution in [2.45, 2.75) is 12.0 Å². The molecule has 0 spiro atoms. The predicted molar refractivity (Wildman–Crippen MR) is 122 cm³/mol. The van der Waals surface area contributed by atoms with Crippen LogP contribution in [-0.4, -0.2) is 65.5 Å². The number of fused-ring (bicyclic) bond motifs is 3. The molecule has 2 aromatic rings. The van der Waals surface area contributed by atoms with Crippen molar-refractivity contribution in [3.8, 4) is 28.7 Å². The fraction of sp³-hybridized carbons (Fsp3) is 0.435. The summed E-state index contributed by atoms with van der Waals surface area (Å²) in [5, 5.41) is 10.4. The van der Waals surface area contributed by atoms with E-state index in [9.17, 15) is 18.3 Å². The van der Waals surface area contributed by atoms with Gasteiger partial charge < -0.3 is 28.8 Å². The van der Waals surface area contributed by atoms with E-state index in [1.54, 1.807) is 24.3 Å². The third-order valence-corrected chi connectivity index (χ3v) is 8.32. The van der Waals surface area contributed by atoms with Gasteiger partial charge in [-0.1, -0.05) is 0 Å². The lowest BCUT2D eigenvalue weighted by molar-refractivity contribution is -0.141. The number of cyclic esters (lactones) is 1. The number of ether oxygens (including phenoxy) is 5. The second-order valence-corrected chi connectivity index (χ2v) is 10.7. The number of benzene rings is 2. The number of carbonyl (C=O) groups excluding carboxylic acids is 1. The first kappa shape index (κ1) is 23.5. The van der Waals surface area contributed by atoms with Gasteiger partial charge in [0, 0.05) is 25.9 Å². The molecule has 0 unspecified atom stereocenters. The van der Waals surface area contributed by atoms with Crippen LogP contribution in [-0.2, 0) is 19.7 Å². The van der Waals surface area contributed by atoms with Crippen LogP contribution in [0.2, 0.25) is 0 Å². The maximum absolute atomic E-state index is 13.1. The van der Waals surface area contributed by atoms with E-state index in [0.717, 1.165) is 4.31 Å². The van der Waals surface area contributed by atoms with Crippen molar-refractivity contribution in [3.63, 3.8) is 0 Å². The molecule has 35 heavy (non-hydrogen) atoms. The number of hydrogen-bond acceptors (Lipinski definition) is 9. The maximum Gasteiger partial charge on any atom is 0.310 e. The first-order valence-corrected chi connectivity index (χ1v) is 12.3. The zero-order chi connectivity index (χ0) is 25.1. The van der Waals surface area contributed by atoms with Gasteiger partial charge >= 0.3 is 5.97 Å². The van der Waals surface area contributed by atoms with Crippen molar-refractivity contribution in [1.29, 1.82) is 0 Å². The highest BCUT2D eigenvalue weighted by atomic mass is 32.2. The van der Waals surface area contributed by atoms with Crippen LogP contribution in [0.15, 0.2) is 24.3 Å². The summed E-state index contributed by atoms with van der Waals surface area (Å²) in [6.45, 7) is 0.0770. The number of phenols is 1. The Kier molecular flexibility index (Phi) is 5.69. The van der Waals surface area contributed by atoms with E-state index in [-0.39, 0.29) is 30.6 Å². The molecular weight excluding hydrogens is 480 g/mol. The number of phenolic OH excluding ortho intramolecular Hbond substituents is 1. The Morgan fingerprint density at radius 1 is 1.00 bits per heavy atom. The van der Waals surface area contributed by atoms with E-state index >= 15 is 0 Å². The average molecular weight is 507 g/mol. The molecule has 0 radical (unpaired) electrons. The second-order valence-electron chi connectivity index (χ2n) is 8.79. The minimum Gasteiger partial charge on any atom is -0.502 e. The van der Waals surface area contributed by atoms with E-state index in [1.165, 1.54) is 28.3 Å². The molecular formula is C23H26N2O9S. The van der Waals surface area contributed by atoms with Gasteiger partial charge in [0.1, 0.15) is 0 Å². The summed E-state index contributed by atoms with van der Waals surface area (Å²) in [5.74, 6) is -1.03. The number of hydrogen-bond donors (Lipinski definition) is 2. The molecule has 2 heterocycles. The summed E-state index contributed by atoms with van der Waals surface area (Å²) in [7, 11) is 1.85. The zero-order valence-corrected chi connectivity index (χ0v) is 20.4. The summed E-state index contributed by atoms with van der Waals surface area (Å²) in [6, 6.07) is 6.06. The molecule has 0 bridgehead atoms. The topological polar surface area (TPSA) is 133 Å². The molecule has 2 N–H and O–H groups in total. The van der Waals surface area contributed by atoms with E-state index in [0.29, 0.717) is 28.2 Å². The highest BCUT2D eigenvalue weighted by molar-refractivity contribution is 7.87.